The first-order valence-electron chi connectivity index (χ1n) is 9.69. The Balaban J connectivity index is 0.00000243. The van der Waals surface area contributed by atoms with Crippen molar-refractivity contribution in [1.82, 2.24) is 25.2 Å². The zero-order valence-corrected chi connectivity index (χ0v) is 18.4. The minimum absolute atomic E-state index is 0. The highest BCUT2D eigenvalue weighted by Gasteiger charge is 2.27. The van der Waals surface area contributed by atoms with E-state index >= 15 is 0 Å². The Morgan fingerprint density at radius 3 is 2.65 bits per heavy atom. The fourth-order valence-corrected chi connectivity index (χ4v) is 3.41. The summed E-state index contributed by atoms with van der Waals surface area (Å²) in [6.45, 7) is 13.3. The van der Waals surface area contributed by atoms with Crippen molar-refractivity contribution < 1.29 is 4.52 Å². The quantitative estimate of drug-likeness (QED) is 0.351. The highest BCUT2D eigenvalue weighted by atomic mass is 127. The Kier molecular flexibility index (Phi) is 9.13. The molecule has 8 heteroatoms. The van der Waals surface area contributed by atoms with Crippen LogP contribution in [0, 0.1) is 0 Å². The molecule has 148 valence electrons. The van der Waals surface area contributed by atoms with Gasteiger partial charge in [0.25, 0.3) is 0 Å². The van der Waals surface area contributed by atoms with Crippen LogP contribution in [0.25, 0.3) is 0 Å². The molecule has 0 amide bonds. The molecule has 2 heterocycles. The molecule has 0 atom stereocenters. The van der Waals surface area contributed by atoms with E-state index in [2.05, 4.69) is 39.0 Å². The highest BCUT2D eigenvalue weighted by Crippen LogP contribution is 2.25. The Morgan fingerprint density at radius 2 is 2.08 bits per heavy atom. The Morgan fingerprint density at radius 1 is 1.31 bits per heavy atom. The maximum absolute atomic E-state index is 4.92. The van der Waals surface area contributed by atoms with E-state index in [9.17, 15) is 0 Å². The molecule has 7 nitrogen and oxygen atoms in total. The predicted octanol–water partition coefficient (Wildman–Crippen LogP) is 1.86. The van der Waals surface area contributed by atoms with Gasteiger partial charge in [-0.25, -0.2) is 0 Å². The van der Waals surface area contributed by atoms with Crippen molar-refractivity contribution in [1.29, 1.82) is 0 Å². The number of hydrogen-bond donors (Lipinski definition) is 1. The predicted molar refractivity (Wildman–Crippen MR) is 115 cm³/mol. The Hall–Kier alpha value is -0.870. The lowest BCUT2D eigenvalue weighted by atomic mass is 10.3. The molecule has 1 saturated carbocycles. The number of rotatable bonds is 8. The standard InChI is InChI=1S/C18H32N6O.HI/c1-3-19-18(20-8-9-23(4-2)17-5-6-17)24-12-10-22(11-13-24)15-16-7-14-25-21-16;/h7,14,17H,3-6,8-13,15H2,1-2H3,(H,19,20);1H. The van der Waals surface area contributed by atoms with Gasteiger partial charge < -0.3 is 14.7 Å². The second-order valence-corrected chi connectivity index (χ2v) is 6.85. The largest absolute Gasteiger partial charge is 0.364 e. The van der Waals surface area contributed by atoms with E-state index in [0.29, 0.717) is 0 Å². The number of guanidine groups is 1. The number of hydrogen-bond acceptors (Lipinski definition) is 5. The topological polar surface area (TPSA) is 60.1 Å². The molecule has 0 aromatic carbocycles. The van der Waals surface area contributed by atoms with Crippen molar-refractivity contribution in [2.45, 2.75) is 39.3 Å². The van der Waals surface area contributed by atoms with Crippen LogP contribution in [0.15, 0.2) is 21.8 Å². The molecule has 1 saturated heterocycles. The van der Waals surface area contributed by atoms with Crippen molar-refractivity contribution in [3.63, 3.8) is 0 Å². The minimum atomic E-state index is 0. The van der Waals surface area contributed by atoms with Crippen molar-refractivity contribution >= 4 is 29.9 Å². The van der Waals surface area contributed by atoms with Crippen molar-refractivity contribution in [3.05, 3.63) is 18.0 Å². The van der Waals surface area contributed by atoms with E-state index in [-0.39, 0.29) is 24.0 Å². The van der Waals surface area contributed by atoms with Gasteiger partial charge >= 0.3 is 0 Å². The van der Waals surface area contributed by atoms with Crippen molar-refractivity contribution in [3.8, 4) is 0 Å². The summed E-state index contributed by atoms with van der Waals surface area (Å²) in [5.41, 5.74) is 1.01. The number of piperazine rings is 1. The zero-order valence-electron chi connectivity index (χ0n) is 16.1. The summed E-state index contributed by atoms with van der Waals surface area (Å²) in [5, 5.41) is 7.47. The van der Waals surface area contributed by atoms with E-state index in [1.807, 2.05) is 6.07 Å². The third-order valence-corrected chi connectivity index (χ3v) is 5.00. The Labute approximate surface area is 174 Å². The molecule has 1 aliphatic carbocycles. The molecule has 1 N–H and O–H groups in total. The van der Waals surface area contributed by atoms with Crippen LogP contribution < -0.4 is 5.32 Å². The molecule has 0 radical (unpaired) electrons. The molecule has 1 aliphatic heterocycles. The van der Waals surface area contributed by atoms with Crippen LogP contribution in [0.1, 0.15) is 32.4 Å². The summed E-state index contributed by atoms with van der Waals surface area (Å²) in [6, 6.07) is 2.76. The minimum Gasteiger partial charge on any atom is -0.364 e. The summed E-state index contributed by atoms with van der Waals surface area (Å²) in [7, 11) is 0. The van der Waals surface area contributed by atoms with Crippen LogP contribution in [0.3, 0.4) is 0 Å². The average Bonchev–Trinajstić information content (AvgIpc) is 3.35. The number of nitrogens with zero attached hydrogens (tertiary/aromatic N) is 5. The summed E-state index contributed by atoms with van der Waals surface area (Å²) in [6.07, 6.45) is 4.37. The first kappa shape index (κ1) is 21.4. The molecule has 0 spiro atoms. The van der Waals surface area contributed by atoms with Crippen LogP contribution in [0.2, 0.25) is 0 Å². The maximum atomic E-state index is 4.92. The summed E-state index contributed by atoms with van der Waals surface area (Å²) in [5.74, 6) is 1.07. The van der Waals surface area contributed by atoms with Gasteiger partial charge in [-0.2, -0.15) is 0 Å². The van der Waals surface area contributed by atoms with Gasteiger partial charge in [0.1, 0.15) is 6.26 Å². The third-order valence-electron chi connectivity index (χ3n) is 5.00. The van der Waals surface area contributed by atoms with Crippen LogP contribution >= 0.6 is 24.0 Å². The number of aliphatic imine (C=N–C) groups is 1. The first-order chi connectivity index (χ1) is 12.3. The van der Waals surface area contributed by atoms with E-state index in [1.165, 1.54) is 12.8 Å². The molecule has 1 aromatic rings. The lowest BCUT2D eigenvalue weighted by Gasteiger charge is -2.36. The van der Waals surface area contributed by atoms with E-state index < -0.39 is 0 Å². The molecule has 1 aromatic heterocycles. The Bertz CT molecular complexity index is 526. The number of likely N-dealkylation sites (N-methyl/N-ethyl adjacent to an activating group) is 1. The normalized spacial score (nSPS) is 18.9. The van der Waals surface area contributed by atoms with Gasteiger partial charge in [-0.05, 0) is 26.3 Å². The van der Waals surface area contributed by atoms with Crippen LogP contribution in [-0.2, 0) is 6.54 Å². The molecule has 2 aliphatic rings. The first-order valence-corrected chi connectivity index (χ1v) is 9.69. The summed E-state index contributed by atoms with van der Waals surface area (Å²) < 4.78 is 4.92. The van der Waals surface area contributed by atoms with Gasteiger partial charge in [0.15, 0.2) is 5.96 Å². The molecule has 26 heavy (non-hydrogen) atoms. The van der Waals surface area contributed by atoms with Crippen molar-refractivity contribution in [2.75, 3.05) is 52.4 Å². The molecular weight excluding hydrogens is 443 g/mol. The fraction of sp³-hybridized carbons (Fsp3) is 0.778. The second kappa shape index (κ2) is 11.1. The second-order valence-electron chi connectivity index (χ2n) is 6.85. The van der Waals surface area contributed by atoms with Crippen LogP contribution in [0.4, 0.5) is 0 Å². The monoisotopic (exact) mass is 476 g/mol. The third kappa shape index (κ3) is 6.38. The van der Waals surface area contributed by atoms with Gasteiger partial charge in [0, 0.05) is 57.9 Å². The average molecular weight is 476 g/mol. The van der Waals surface area contributed by atoms with Crippen LogP contribution in [0.5, 0.6) is 0 Å². The SMILES string of the molecule is CCNC(=NCCN(CC)C1CC1)N1CCN(Cc2ccon2)CC1.I. The number of aromatic nitrogens is 1. The summed E-state index contributed by atoms with van der Waals surface area (Å²) >= 11 is 0. The van der Waals surface area contributed by atoms with Gasteiger partial charge in [-0.15, -0.1) is 24.0 Å². The highest BCUT2D eigenvalue weighted by molar-refractivity contribution is 14.0. The smallest absolute Gasteiger partial charge is 0.194 e. The molecule has 3 rings (SSSR count). The number of nitrogens with one attached hydrogen (secondary N) is 1. The molecule has 0 bridgehead atoms. The number of halogens is 1. The van der Waals surface area contributed by atoms with Gasteiger partial charge in [-0.1, -0.05) is 12.1 Å². The molecular formula is C18H33IN6O. The van der Waals surface area contributed by atoms with Crippen molar-refractivity contribution in [2.24, 2.45) is 4.99 Å². The summed E-state index contributed by atoms with van der Waals surface area (Å²) in [4.78, 5) is 12.2. The fourth-order valence-electron chi connectivity index (χ4n) is 3.41. The van der Waals surface area contributed by atoms with E-state index in [0.717, 1.165) is 76.6 Å². The van der Waals surface area contributed by atoms with E-state index in [1.54, 1.807) is 6.26 Å². The van der Waals surface area contributed by atoms with Gasteiger partial charge in [-0.3, -0.25) is 14.8 Å². The lowest BCUT2D eigenvalue weighted by Crippen LogP contribution is -2.52. The molecule has 2 fully saturated rings. The van der Waals surface area contributed by atoms with Gasteiger partial charge in [0.2, 0.25) is 0 Å². The lowest BCUT2D eigenvalue weighted by molar-refractivity contribution is 0.169. The van der Waals surface area contributed by atoms with E-state index in [4.69, 9.17) is 9.52 Å². The van der Waals surface area contributed by atoms with Gasteiger partial charge in [0.05, 0.1) is 12.2 Å². The maximum Gasteiger partial charge on any atom is 0.194 e. The molecule has 0 unspecified atom stereocenters. The zero-order chi connectivity index (χ0) is 17.5. The van der Waals surface area contributed by atoms with Crippen LogP contribution in [-0.4, -0.2) is 84.2 Å².